The topological polar surface area (TPSA) is 54.5 Å². The molecule has 1 aliphatic heterocycles. The normalized spacial score (nSPS) is 19.0. The van der Waals surface area contributed by atoms with E-state index in [1.807, 2.05) is 41.8 Å². The van der Waals surface area contributed by atoms with Crippen molar-refractivity contribution < 1.29 is 13.2 Å². The van der Waals surface area contributed by atoms with Crippen LogP contribution in [-0.4, -0.2) is 42.5 Å². The minimum atomic E-state index is -3.03. The van der Waals surface area contributed by atoms with Gasteiger partial charge in [0.05, 0.1) is 23.8 Å². The summed E-state index contributed by atoms with van der Waals surface area (Å²) in [5.74, 6) is 0.537. The summed E-state index contributed by atoms with van der Waals surface area (Å²) in [6, 6.07) is 11.5. The number of thiophene rings is 1. The predicted octanol–water partition coefficient (Wildman–Crippen LogP) is 3.82. The molecule has 1 atom stereocenters. The van der Waals surface area contributed by atoms with Crippen molar-refractivity contribution in [2.24, 2.45) is 0 Å². The molecular formula is C17H18BrNO3S3. The standard InChI is InChI=1S/C17H18BrNO3S3/c18-13-3-1-4-15(9-13)24-11-17(20)19(10-16-5-2-7-23-16)14-6-8-25(21,22)12-14/h1-5,7,9,14H,6,8,10-12H2. The smallest absolute Gasteiger partial charge is 0.233 e. The molecule has 25 heavy (non-hydrogen) atoms. The maximum absolute atomic E-state index is 12.8. The number of hydrogen-bond acceptors (Lipinski definition) is 5. The molecule has 1 fully saturated rings. The van der Waals surface area contributed by atoms with Gasteiger partial charge in [0.25, 0.3) is 0 Å². The fourth-order valence-corrected chi connectivity index (χ4v) is 6.62. The molecule has 134 valence electrons. The van der Waals surface area contributed by atoms with E-state index < -0.39 is 9.84 Å². The van der Waals surface area contributed by atoms with E-state index in [9.17, 15) is 13.2 Å². The fraction of sp³-hybridized carbons (Fsp3) is 0.353. The molecule has 8 heteroatoms. The van der Waals surface area contributed by atoms with E-state index in [1.165, 1.54) is 11.8 Å². The number of halogens is 1. The van der Waals surface area contributed by atoms with Crippen LogP contribution in [0.15, 0.2) is 51.1 Å². The lowest BCUT2D eigenvalue weighted by Crippen LogP contribution is -2.41. The number of sulfone groups is 1. The maximum Gasteiger partial charge on any atom is 0.233 e. The number of nitrogens with zero attached hydrogens (tertiary/aromatic N) is 1. The van der Waals surface area contributed by atoms with Gasteiger partial charge < -0.3 is 4.90 Å². The zero-order valence-electron chi connectivity index (χ0n) is 13.4. The number of thioether (sulfide) groups is 1. The van der Waals surface area contributed by atoms with Crippen molar-refractivity contribution >= 4 is 54.8 Å². The van der Waals surface area contributed by atoms with Crippen LogP contribution in [0.3, 0.4) is 0 Å². The van der Waals surface area contributed by atoms with Gasteiger partial charge in [0, 0.05) is 20.3 Å². The molecule has 3 rings (SSSR count). The van der Waals surface area contributed by atoms with Crippen LogP contribution in [0.1, 0.15) is 11.3 Å². The van der Waals surface area contributed by atoms with E-state index in [-0.39, 0.29) is 23.5 Å². The molecule has 1 saturated heterocycles. The summed E-state index contributed by atoms with van der Waals surface area (Å²) in [6.45, 7) is 0.482. The highest BCUT2D eigenvalue weighted by molar-refractivity contribution is 9.10. The summed E-state index contributed by atoms with van der Waals surface area (Å²) in [4.78, 5) is 16.7. The molecule has 1 amide bonds. The quantitative estimate of drug-likeness (QED) is 0.616. The molecule has 0 spiro atoms. The minimum absolute atomic E-state index is 0.0134. The first-order chi connectivity index (χ1) is 11.9. The summed E-state index contributed by atoms with van der Waals surface area (Å²) in [7, 11) is -3.03. The summed E-state index contributed by atoms with van der Waals surface area (Å²) >= 11 is 6.49. The highest BCUT2D eigenvalue weighted by Crippen LogP contribution is 2.26. The largest absolute Gasteiger partial charge is 0.333 e. The van der Waals surface area contributed by atoms with Crippen molar-refractivity contribution in [2.75, 3.05) is 17.3 Å². The number of benzene rings is 1. The second kappa shape index (κ2) is 8.24. The average Bonchev–Trinajstić information content (AvgIpc) is 3.19. The monoisotopic (exact) mass is 459 g/mol. The number of carbonyl (C=O) groups excluding carboxylic acids is 1. The zero-order chi connectivity index (χ0) is 17.9. The van der Waals surface area contributed by atoms with Crippen molar-refractivity contribution in [1.29, 1.82) is 0 Å². The Labute approximate surface area is 164 Å². The number of rotatable bonds is 6. The number of carbonyl (C=O) groups is 1. The summed E-state index contributed by atoms with van der Waals surface area (Å²) in [6.07, 6.45) is 0.529. The molecule has 0 aliphatic carbocycles. The van der Waals surface area contributed by atoms with E-state index in [0.29, 0.717) is 18.7 Å². The van der Waals surface area contributed by atoms with Crippen LogP contribution in [-0.2, 0) is 21.2 Å². The Kier molecular flexibility index (Phi) is 6.25. The highest BCUT2D eigenvalue weighted by atomic mass is 79.9. The predicted molar refractivity (Wildman–Crippen MR) is 107 cm³/mol. The van der Waals surface area contributed by atoms with Crippen molar-refractivity contribution in [3.8, 4) is 0 Å². The molecule has 1 unspecified atom stereocenters. The molecule has 1 aromatic carbocycles. The summed E-state index contributed by atoms with van der Waals surface area (Å²) in [5, 5.41) is 1.97. The lowest BCUT2D eigenvalue weighted by Gasteiger charge is -2.28. The molecule has 2 heterocycles. The van der Waals surface area contributed by atoms with Crippen LogP contribution in [0.4, 0.5) is 0 Å². The second-order valence-corrected chi connectivity index (χ2v) is 11.1. The van der Waals surface area contributed by atoms with E-state index in [1.54, 1.807) is 16.2 Å². The second-order valence-electron chi connectivity index (χ2n) is 5.90. The van der Waals surface area contributed by atoms with Gasteiger partial charge in [-0.3, -0.25) is 4.79 Å². The van der Waals surface area contributed by atoms with E-state index in [4.69, 9.17) is 0 Å². The number of hydrogen-bond donors (Lipinski definition) is 0. The van der Waals surface area contributed by atoms with Crippen LogP contribution in [0.25, 0.3) is 0 Å². The van der Waals surface area contributed by atoms with Crippen LogP contribution in [0.2, 0.25) is 0 Å². The first kappa shape index (κ1) is 18.9. The first-order valence-electron chi connectivity index (χ1n) is 7.83. The fourth-order valence-electron chi connectivity index (χ4n) is 2.80. The molecule has 0 bridgehead atoms. The third-order valence-electron chi connectivity index (χ3n) is 4.03. The Morgan fingerprint density at radius 2 is 2.16 bits per heavy atom. The third kappa shape index (κ3) is 5.32. The van der Waals surface area contributed by atoms with E-state index >= 15 is 0 Å². The Morgan fingerprint density at radius 1 is 1.32 bits per heavy atom. The molecule has 0 saturated carbocycles. The van der Waals surface area contributed by atoms with Crippen molar-refractivity contribution in [1.82, 2.24) is 4.90 Å². The van der Waals surface area contributed by atoms with Gasteiger partial charge in [-0.2, -0.15) is 0 Å². The van der Waals surface area contributed by atoms with Gasteiger partial charge in [-0.05, 0) is 36.1 Å². The van der Waals surface area contributed by atoms with Crippen molar-refractivity contribution in [2.45, 2.75) is 23.9 Å². The van der Waals surface area contributed by atoms with Crippen molar-refractivity contribution in [3.63, 3.8) is 0 Å². The van der Waals surface area contributed by atoms with Gasteiger partial charge in [-0.1, -0.05) is 28.1 Å². The molecule has 1 aromatic heterocycles. The van der Waals surface area contributed by atoms with Gasteiger partial charge in [0.1, 0.15) is 0 Å². The Morgan fingerprint density at radius 3 is 2.80 bits per heavy atom. The summed E-state index contributed by atoms with van der Waals surface area (Å²) < 4.78 is 24.7. The molecule has 2 aromatic rings. The number of amides is 1. The van der Waals surface area contributed by atoms with Gasteiger partial charge in [-0.25, -0.2) is 8.42 Å². The maximum atomic E-state index is 12.8. The van der Waals surface area contributed by atoms with Crippen LogP contribution < -0.4 is 0 Å². The Bertz CT molecular complexity index is 837. The molecule has 0 N–H and O–H groups in total. The first-order valence-corrected chi connectivity index (χ1v) is 12.3. The van der Waals surface area contributed by atoms with Gasteiger partial charge in [0.15, 0.2) is 9.84 Å². The lowest BCUT2D eigenvalue weighted by molar-refractivity contribution is -0.130. The molecule has 1 aliphatic rings. The van der Waals surface area contributed by atoms with Crippen LogP contribution in [0.5, 0.6) is 0 Å². The highest BCUT2D eigenvalue weighted by Gasteiger charge is 2.34. The average molecular weight is 460 g/mol. The van der Waals surface area contributed by atoms with Crippen LogP contribution in [0, 0.1) is 0 Å². The molecular weight excluding hydrogens is 442 g/mol. The SMILES string of the molecule is O=C(CSc1cccc(Br)c1)N(Cc1cccs1)C1CCS(=O)(=O)C1. The van der Waals surface area contributed by atoms with Crippen molar-refractivity contribution in [3.05, 3.63) is 51.1 Å². The molecule has 4 nitrogen and oxygen atoms in total. The van der Waals surface area contributed by atoms with Gasteiger partial charge in [-0.15, -0.1) is 23.1 Å². The third-order valence-corrected chi connectivity index (χ3v) is 8.12. The summed E-state index contributed by atoms with van der Waals surface area (Å²) in [5.41, 5.74) is 0. The minimum Gasteiger partial charge on any atom is -0.333 e. The van der Waals surface area contributed by atoms with Gasteiger partial charge in [0.2, 0.25) is 5.91 Å². The van der Waals surface area contributed by atoms with E-state index in [2.05, 4.69) is 15.9 Å². The molecule has 0 radical (unpaired) electrons. The van der Waals surface area contributed by atoms with Crippen LogP contribution >= 0.6 is 39.0 Å². The van der Waals surface area contributed by atoms with E-state index in [0.717, 1.165) is 14.2 Å². The lowest BCUT2D eigenvalue weighted by atomic mass is 10.2. The van der Waals surface area contributed by atoms with Gasteiger partial charge >= 0.3 is 0 Å². The Balaban J connectivity index is 1.70. The Hall–Kier alpha value is -0.830. The zero-order valence-corrected chi connectivity index (χ0v) is 17.5.